The molecule has 0 aromatic heterocycles. The summed E-state index contributed by atoms with van der Waals surface area (Å²) < 4.78 is 0. The fourth-order valence-electron chi connectivity index (χ4n) is 3.04. The summed E-state index contributed by atoms with van der Waals surface area (Å²) in [6, 6.07) is 0. The number of hydrogen-bond acceptors (Lipinski definition) is 2. The van der Waals surface area contributed by atoms with Crippen molar-refractivity contribution in [3.63, 3.8) is 0 Å². The molecule has 0 spiro atoms. The van der Waals surface area contributed by atoms with Crippen molar-refractivity contribution >= 4 is 11.9 Å². The van der Waals surface area contributed by atoms with Gasteiger partial charge in [0.2, 0.25) is 5.91 Å². The topological polar surface area (TPSA) is 57.6 Å². The second-order valence-electron chi connectivity index (χ2n) is 5.92. The van der Waals surface area contributed by atoms with Gasteiger partial charge in [-0.3, -0.25) is 4.79 Å². The van der Waals surface area contributed by atoms with Crippen LogP contribution < -0.4 is 0 Å². The molecule has 4 nitrogen and oxygen atoms in total. The highest BCUT2D eigenvalue weighted by Crippen LogP contribution is 2.32. The predicted octanol–water partition coefficient (Wildman–Crippen LogP) is 2.42. The van der Waals surface area contributed by atoms with Crippen LogP contribution in [0.15, 0.2) is 0 Å². The quantitative estimate of drug-likeness (QED) is 0.818. The molecule has 1 atom stereocenters. The zero-order valence-corrected chi connectivity index (χ0v) is 11.2. The summed E-state index contributed by atoms with van der Waals surface area (Å²) in [7, 11) is 0. The Kier molecular flexibility index (Phi) is 3.93. The summed E-state index contributed by atoms with van der Waals surface area (Å²) in [5.74, 6) is -0.0219. The van der Waals surface area contributed by atoms with Gasteiger partial charge in [0.1, 0.15) is 5.54 Å². The number of carboxylic acid groups (broad SMARTS) is 1. The van der Waals surface area contributed by atoms with E-state index in [4.69, 9.17) is 0 Å². The average Bonchev–Trinajstić information content (AvgIpc) is 2.65. The van der Waals surface area contributed by atoms with Gasteiger partial charge < -0.3 is 10.0 Å². The van der Waals surface area contributed by atoms with E-state index in [2.05, 4.69) is 0 Å². The van der Waals surface area contributed by atoms with Gasteiger partial charge in [0.15, 0.2) is 0 Å². The summed E-state index contributed by atoms with van der Waals surface area (Å²) >= 11 is 0. The third-order valence-corrected chi connectivity index (χ3v) is 4.63. The summed E-state index contributed by atoms with van der Waals surface area (Å²) in [4.78, 5) is 25.0. The van der Waals surface area contributed by atoms with E-state index in [1.54, 1.807) is 11.8 Å². The number of nitrogens with zero attached hydrogens (tertiary/aromatic N) is 1. The maximum absolute atomic E-state index is 12.1. The Hall–Kier alpha value is -1.06. The van der Waals surface area contributed by atoms with E-state index in [0.29, 0.717) is 19.4 Å². The van der Waals surface area contributed by atoms with Crippen LogP contribution in [0.25, 0.3) is 0 Å². The van der Waals surface area contributed by atoms with E-state index in [1.807, 2.05) is 0 Å². The molecule has 1 saturated heterocycles. The van der Waals surface area contributed by atoms with Crippen molar-refractivity contribution in [1.29, 1.82) is 0 Å². The molecule has 18 heavy (non-hydrogen) atoms. The number of aliphatic carboxylic acids is 1. The highest BCUT2D eigenvalue weighted by Gasteiger charge is 2.45. The van der Waals surface area contributed by atoms with E-state index in [1.165, 1.54) is 19.3 Å². The molecular weight excluding hydrogens is 230 g/mol. The van der Waals surface area contributed by atoms with Crippen LogP contribution in [0.4, 0.5) is 0 Å². The van der Waals surface area contributed by atoms with Gasteiger partial charge in [-0.2, -0.15) is 0 Å². The molecule has 2 aliphatic rings. The summed E-state index contributed by atoms with van der Waals surface area (Å²) in [5, 5.41) is 9.26. The Balaban J connectivity index is 1.81. The van der Waals surface area contributed by atoms with Crippen LogP contribution >= 0.6 is 0 Å². The molecule has 1 aliphatic carbocycles. The Morgan fingerprint density at radius 1 is 1.33 bits per heavy atom. The minimum atomic E-state index is -0.965. The zero-order chi connectivity index (χ0) is 13.2. The van der Waals surface area contributed by atoms with Crippen molar-refractivity contribution in [2.45, 2.75) is 63.8 Å². The molecule has 1 heterocycles. The second-order valence-corrected chi connectivity index (χ2v) is 5.92. The van der Waals surface area contributed by atoms with Gasteiger partial charge in [-0.1, -0.05) is 19.3 Å². The average molecular weight is 253 g/mol. The lowest BCUT2D eigenvalue weighted by Gasteiger charge is -2.31. The second kappa shape index (κ2) is 5.29. The number of carboxylic acids is 1. The predicted molar refractivity (Wildman–Crippen MR) is 68.2 cm³/mol. The molecule has 0 aromatic rings. The van der Waals surface area contributed by atoms with Gasteiger partial charge in [0.05, 0.1) is 0 Å². The molecule has 1 unspecified atom stereocenters. The molecule has 4 heteroatoms. The number of hydrogen-bond donors (Lipinski definition) is 1. The lowest BCUT2D eigenvalue weighted by molar-refractivity contribution is -0.155. The minimum Gasteiger partial charge on any atom is -0.480 e. The first-order valence-electron chi connectivity index (χ1n) is 7.08. The molecule has 0 bridgehead atoms. The number of rotatable bonds is 5. The molecule has 2 rings (SSSR count). The zero-order valence-electron chi connectivity index (χ0n) is 11.2. The number of carbonyl (C=O) groups excluding carboxylic acids is 1. The molecule has 1 aliphatic heterocycles. The van der Waals surface area contributed by atoms with Crippen LogP contribution in [0, 0.1) is 5.92 Å². The molecule has 0 radical (unpaired) electrons. The number of likely N-dealkylation sites (tertiary alicyclic amines) is 1. The van der Waals surface area contributed by atoms with E-state index >= 15 is 0 Å². The molecule has 1 amide bonds. The third-order valence-electron chi connectivity index (χ3n) is 4.63. The van der Waals surface area contributed by atoms with Crippen molar-refractivity contribution in [2.24, 2.45) is 5.92 Å². The van der Waals surface area contributed by atoms with Gasteiger partial charge in [-0.25, -0.2) is 4.79 Å². The highest BCUT2D eigenvalue weighted by atomic mass is 16.4. The summed E-state index contributed by atoms with van der Waals surface area (Å²) in [5.41, 5.74) is -0.965. The lowest BCUT2D eigenvalue weighted by Crippen LogP contribution is -2.50. The van der Waals surface area contributed by atoms with Gasteiger partial charge in [0, 0.05) is 13.0 Å². The summed E-state index contributed by atoms with van der Waals surface area (Å²) in [6.07, 6.45) is 7.89. The Morgan fingerprint density at radius 3 is 2.61 bits per heavy atom. The first kappa shape index (κ1) is 13.4. The largest absolute Gasteiger partial charge is 0.480 e. The van der Waals surface area contributed by atoms with E-state index < -0.39 is 11.5 Å². The van der Waals surface area contributed by atoms with Crippen LogP contribution in [-0.2, 0) is 9.59 Å². The molecule has 1 saturated carbocycles. The van der Waals surface area contributed by atoms with Crippen LogP contribution in [0.3, 0.4) is 0 Å². The van der Waals surface area contributed by atoms with Crippen LogP contribution in [-0.4, -0.2) is 34.0 Å². The van der Waals surface area contributed by atoms with Crippen molar-refractivity contribution in [3.05, 3.63) is 0 Å². The highest BCUT2D eigenvalue weighted by molar-refractivity contribution is 5.87. The smallest absolute Gasteiger partial charge is 0.329 e. The van der Waals surface area contributed by atoms with Crippen molar-refractivity contribution in [3.8, 4) is 0 Å². The van der Waals surface area contributed by atoms with Crippen LogP contribution in [0.5, 0.6) is 0 Å². The van der Waals surface area contributed by atoms with E-state index in [0.717, 1.165) is 25.2 Å². The maximum Gasteiger partial charge on any atom is 0.329 e. The number of amides is 1. The standard InChI is InChI=1S/C14H23NO3/c1-14(13(17)18)9-4-10-15(14)12(16)8-3-7-11-5-2-6-11/h11H,2-10H2,1H3,(H,17,18). The van der Waals surface area contributed by atoms with Gasteiger partial charge in [-0.05, 0) is 38.5 Å². The molecular formula is C14H23NO3. The number of carbonyl (C=O) groups is 2. The fourth-order valence-corrected chi connectivity index (χ4v) is 3.04. The Morgan fingerprint density at radius 2 is 2.06 bits per heavy atom. The fraction of sp³-hybridized carbons (Fsp3) is 0.857. The minimum absolute atomic E-state index is 0.0247. The molecule has 2 fully saturated rings. The van der Waals surface area contributed by atoms with Crippen LogP contribution in [0.2, 0.25) is 0 Å². The Bertz CT molecular complexity index is 338. The summed E-state index contributed by atoms with van der Waals surface area (Å²) in [6.45, 7) is 2.28. The monoisotopic (exact) mass is 253 g/mol. The normalized spacial score (nSPS) is 28.2. The van der Waals surface area contributed by atoms with E-state index in [9.17, 15) is 14.7 Å². The SMILES string of the molecule is CC1(C(=O)O)CCCN1C(=O)CCCC1CCC1. The lowest BCUT2D eigenvalue weighted by atomic mass is 9.82. The van der Waals surface area contributed by atoms with Crippen LogP contribution in [0.1, 0.15) is 58.3 Å². The molecule has 102 valence electrons. The van der Waals surface area contributed by atoms with Gasteiger partial charge in [-0.15, -0.1) is 0 Å². The third kappa shape index (κ3) is 2.52. The van der Waals surface area contributed by atoms with Gasteiger partial charge >= 0.3 is 5.97 Å². The van der Waals surface area contributed by atoms with Gasteiger partial charge in [0.25, 0.3) is 0 Å². The Labute approximate surface area is 108 Å². The van der Waals surface area contributed by atoms with Crippen molar-refractivity contribution in [1.82, 2.24) is 4.90 Å². The first-order chi connectivity index (χ1) is 8.54. The molecule has 0 aromatic carbocycles. The molecule has 1 N–H and O–H groups in total. The maximum atomic E-state index is 12.1. The van der Waals surface area contributed by atoms with E-state index in [-0.39, 0.29) is 5.91 Å². The first-order valence-corrected chi connectivity index (χ1v) is 7.08. The van der Waals surface area contributed by atoms with Crippen molar-refractivity contribution in [2.75, 3.05) is 6.54 Å². The van der Waals surface area contributed by atoms with Crippen molar-refractivity contribution < 1.29 is 14.7 Å².